The van der Waals surface area contributed by atoms with Crippen LogP contribution >= 0.6 is 11.8 Å². The lowest BCUT2D eigenvalue weighted by Gasteiger charge is -2.16. The molecule has 0 radical (unpaired) electrons. The van der Waals surface area contributed by atoms with Crippen LogP contribution in [0.5, 0.6) is 0 Å². The Labute approximate surface area is 180 Å². The van der Waals surface area contributed by atoms with Crippen LogP contribution in [0.25, 0.3) is 0 Å². The molecular weight excluding hydrogens is 400 g/mol. The number of hydrogen-bond donors (Lipinski definition) is 3. The Bertz CT molecular complexity index is 923. The Hall–Kier alpha value is -3.06. The molecule has 30 heavy (non-hydrogen) atoms. The number of rotatable bonds is 9. The fraction of sp³-hybridized carbons (Fsp3) is 0.261. The molecule has 0 aliphatic carbocycles. The number of carboxylic acids is 1. The predicted molar refractivity (Wildman–Crippen MR) is 121 cm³/mol. The molecule has 0 bridgehead atoms. The molecule has 2 rings (SSSR count). The third-order valence-corrected chi connectivity index (χ3v) is 5.62. The third kappa shape index (κ3) is 7.40. The zero-order chi connectivity index (χ0) is 22.1. The average Bonchev–Trinajstić information content (AvgIpc) is 2.71. The summed E-state index contributed by atoms with van der Waals surface area (Å²) in [6, 6.07) is 14.9. The lowest BCUT2D eigenvalue weighted by molar-refractivity contribution is -0.131. The molecule has 0 saturated carbocycles. The first-order valence-electron chi connectivity index (χ1n) is 9.68. The van der Waals surface area contributed by atoms with E-state index in [2.05, 4.69) is 24.5 Å². The summed E-state index contributed by atoms with van der Waals surface area (Å²) in [6.07, 6.45) is 2.37. The first kappa shape index (κ1) is 23.2. The fourth-order valence-electron chi connectivity index (χ4n) is 2.64. The van der Waals surface area contributed by atoms with Crippen molar-refractivity contribution in [2.75, 3.05) is 10.6 Å². The number of anilines is 2. The summed E-state index contributed by atoms with van der Waals surface area (Å²) in [4.78, 5) is 35.8. The lowest BCUT2D eigenvalue weighted by Crippen LogP contribution is -2.24. The summed E-state index contributed by atoms with van der Waals surface area (Å²) in [7, 11) is 0. The SMILES string of the molecule is CCC(Sc1cccc(NC(=O)/C=C/C(=O)O)c1)C(=O)Nc1ccc(C(C)C)cc1. The second-order valence-electron chi connectivity index (χ2n) is 6.97. The molecular formula is C23H26N2O4S. The van der Waals surface area contributed by atoms with E-state index in [4.69, 9.17) is 5.11 Å². The molecule has 0 aliphatic rings. The lowest BCUT2D eigenvalue weighted by atomic mass is 10.0. The third-order valence-electron chi connectivity index (χ3n) is 4.27. The van der Waals surface area contributed by atoms with Gasteiger partial charge in [0.2, 0.25) is 11.8 Å². The summed E-state index contributed by atoms with van der Waals surface area (Å²) in [5.41, 5.74) is 2.50. The van der Waals surface area contributed by atoms with Crippen LogP contribution in [0.2, 0.25) is 0 Å². The topological polar surface area (TPSA) is 95.5 Å². The Morgan fingerprint density at radius 2 is 1.70 bits per heavy atom. The molecule has 158 valence electrons. The molecule has 2 aromatic carbocycles. The van der Waals surface area contributed by atoms with Crippen molar-refractivity contribution in [3.63, 3.8) is 0 Å². The van der Waals surface area contributed by atoms with Gasteiger partial charge in [0.15, 0.2) is 0 Å². The van der Waals surface area contributed by atoms with Crippen LogP contribution in [0.4, 0.5) is 11.4 Å². The minimum absolute atomic E-state index is 0.0846. The maximum Gasteiger partial charge on any atom is 0.328 e. The molecule has 0 saturated heterocycles. The highest BCUT2D eigenvalue weighted by atomic mass is 32.2. The molecule has 2 amide bonds. The maximum atomic E-state index is 12.7. The van der Waals surface area contributed by atoms with Crippen molar-refractivity contribution in [2.45, 2.75) is 43.3 Å². The first-order valence-corrected chi connectivity index (χ1v) is 10.6. The Morgan fingerprint density at radius 3 is 2.30 bits per heavy atom. The Balaban J connectivity index is 2.01. The fourth-order valence-corrected chi connectivity index (χ4v) is 3.65. The summed E-state index contributed by atoms with van der Waals surface area (Å²) in [5.74, 6) is -1.38. The van der Waals surface area contributed by atoms with Gasteiger partial charge in [-0.2, -0.15) is 0 Å². The van der Waals surface area contributed by atoms with Crippen LogP contribution in [0, 0.1) is 0 Å². The largest absolute Gasteiger partial charge is 0.478 e. The normalized spacial score (nSPS) is 12.0. The zero-order valence-corrected chi connectivity index (χ0v) is 18.0. The van der Waals surface area contributed by atoms with Gasteiger partial charge in [0.1, 0.15) is 0 Å². The number of benzene rings is 2. The van der Waals surface area contributed by atoms with E-state index in [1.807, 2.05) is 37.3 Å². The van der Waals surface area contributed by atoms with Gasteiger partial charge in [-0.3, -0.25) is 9.59 Å². The van der Waals surface area contributed by atoms with Gasteiger partial charge in [-0.25, -0.2) is 4.79 Å². The quantitative estimate of drug-likeness (QED) is 0.392. The predicted octanol–water partition coefficient (Wildman–Crippen LogP) is 4.90. The monoisotopic (exact) mass is 426 g/mol. The highest BCUT2D eigenvalue weighted by Crippen LogP contribution is 2.29. The van der Waals surface area contributed by atoms with Crippen molar-refractivity contribution >= 4 is 40.9 Å². The van der Waals surface area contributed by atoms with Gasteiger partial charge < -0.3 is 15.7 Å². The van der Waals surface area contributed by atoms with Crippen LogP contribution < -0.4 is 10.6 Å². The summed E-state index contributed by atoms with van der Waals surface area (Å²) in [6.45, 7) is 6.19. The van der Waals surface area contributed by atoms with Crippen LogP contribution in [0.1, 0.15) is 38.7 Å². The van der Waals surface area contributed by atoms with Crippen LogP contribution in [0.15, 0.2) is 65.6 Å². The molecule has 0 spiro atoms. The van der Waals surface area contributed by atoms with Crippen LogP contribution in [-0.2, 0) is 14.4 Å². The van der Waals surface area contributed by atoms with Gasteiger partial charge in [0, 0.05) is 28.4 Å². The minimum atomic E-state index is -1.19. The molecule has 0 heterocycles. The van der Waals surface area contributed by atoms with E-state index in [1.165, 1.54) is 17.3 Å². The Morgan fingerprint density at radius 1 is 1.00 bits per heavy atom. The van der Waals surface area contributed by atoms with Crippen molar-refractivity contribution < 1.29 is 19.5 Å². The number of hydrogen-bond acceptors (Lipinski definition) is 4. The molecule has 0 fully saturated rings. The standard InChI is InChI=1S/C23H26N2O4S/c1-4-20(23(29)25-17-10-8-16(9-11-17)15(2)3)30-19-7-5-6-18(14-19)24-21(26)12-13-22(27)28/h5-15,20H,4H2,1-3H3,(H,24,26)(H,25,29)(H,27,28)/b13-12+. The minimum Gasteiger partial charge on any atom is -0.478 e. The number of carboxylic acid groups (broad SMARTS) is 1. The molecule has 0 aromatic heterocycles. The number of nitrogens with one attached hydrogen (secondary N) is 2. The van der Waals surface area contributed by atoms with Crippen molar-refractivity contribution in [1.82, 2.24) is 0 Å². The van der Waals surface area contributed by atoms with Crippen molar-refractivity contribution in [2.24, 2.45) is 0 Å². The number of carbonyl (C=O) groups excluding carboxylic acids is 2. The van der Waals surface area contributed by atoms with Crippen molar-refractivity contribution in [1.29, 1.82) is 0 Å². The number of aliphatic carboxylic acids is 1. The average molecular weight is 427 g/mol. The molecule has 2 aromatic rings. The Kier molecular flexibility index (Phi) is 8.68. The van der Waals surface area contributed by atoms with Gasteiger partial charge in [-0.1, -0.05) is 39.0 Å². The van der Waals surface area contributed by atoms with Crippen LogP contribution in [-0.4, -0.2) is 28.1 Å². The van der Waals surface area contributed by atoms with Crippen LogP contribution in [0.3, 0.4) is 0 Å². The highest BCUT2D eigenvalue weighted by molar-refractivity contribution is 8.00. The first-order chi connectivity index (χ1) is 14.3. The van der Waals surface area contributed by atoms with Crippen molar-refractivity contribution in [3.05, 3.63) is 66.2 Å². The molecule has 1 unspecified atom stereocenters. The molecule has 6 nitrogen and oxygen atoms in total. The molecule has 1 atom stereocenters. The second kappa shape index (κ2) is 11.2. The summed E-state index contributed by atoms with van der Waals surface area (Å²) in [5, 5.41) is 13.9. The second-order valence-corrected chi connectivity index (χ2v) is 8.25. The zero-order valence-electron chi connectivity index (χ0n) is 17.2. The van der Waals surface area contributed by atoms with Gasteiger partial charge in [0.05, 0.1) is 5.25 Å². The van der Waals surface area contributed by atoms with E-state index >= 15 is 0 Å². The summed E-state index contributed by atoms with van der Waals surface area (Å²) < 4.78 is 0. The molecule has 0 aliphatic heterocycles. The van der Waals surface area contributed by atoms with Crippen molar-refractivity contribution in [3.8, 4) is 0 Å². The number of amides is 2. The van der Waals surface area contributed by atoms with E-state index in [1.54, 1.807) is 18.2 Å². The van der Waals surface area contributed by atoms with Gasteiger partial charge >= 0.3 is 5.97 Å². The summed E-state index contributed by atoms with van der Waals surface area (Å²) >= 11 is 1.41. The number of carbonyl (C=O) groups is 3. The van der Waals surface area contributed by atoms with Gasteiger partial charge in [0.25, 0.3) is 0 Å². The van der Waals surface area contributed by atoms with E-state index in [0.29, 0.717) is 18.0 Å². The number of thioether (sulfide) groups is 1. The maximum absolute atomic E-state index is 12.7. The van der Waals surface area contributed by atoms with E-state index in [-0.39, 0.29) is 11.2 Å². The molecule has 7 heteroatoms. The van der Waals surface area contributed by atoms with Gasteiger partial charge in [-0.05, 0) is 48.2 Å². The van der Waals surface area contributed by atoms with E-state index in [9.17, 15) is 14.4 Å². The van der Waals surface area contributed by atoms with Gasteiger partial charge in [-0.15, -0.1) is 11.8 Å². The van der Waals surface area contributed by atoms with E-state index < -0.39 is 11.9 Å². The highest BCUT2D eigenvalue weighted by Gasteiger charge is 2.18. The smallest absolute Gasteiger partial charge is 0.328 e. The molecule has 3 N–H and O–H groups in total. The van der Waals surface area contributed by atoms with E-state index in [0.717, 1.165) is 22.7 Å².